The van der Waals surface area contributed by atoms with E-state index in [-0.39, 0.29) is 12.4 Å². The van der Waals surface area contributed by atoms with Gasteiger partial charge < -0.3 is 15.2 Å². The van der Waals surface area contributed by atoms with Crippen LogP contribution in [-0.2, 0) is 22.5 Å². The fraction of sp³-hybridized carbons (Fsp3) is 0.562. The van der Waals surface area contributed by atoms with Gasteiger partial charge in [-0.15, -0.1) is 0 Å². The first-order valence-electron chi connectivity index (χ1n) is 6.78. The summed E-state index contributed by atoms with van der Waals surface area (Å²) in [5.41, 5.74) is 0.698. The summed E-state index contributed by atoms with van der Waals surface area (Å²) in [5, 5.41) is 13.5. The third-order valence-corrected chi connectivity index (χ3v) is 3.93. The van der Waals surface area contributed by atoms with E-state index in [4.69, 9.17) is 4.74 Å². The third kappa shape index (κ3) is 4.32. The summed E-state index contributed by atoms with van der Waals surface area (Å²) >= 11 is 0. The number of ether oxygens (including phenoxy) is 1. The van der Waals surface area contributed by atoms with Crippen LogP contribution in [0.2, 0.25) is 0 Å². The molecule has 0 amide bonds. The Labute approximate surface area is 121 Å². The zero-order valence-electron chi connectivity index (χ0n) is 13.0. The minimum atomic E-state index is -0.843. The number of aliphatic hydroxyl groups is 1. The van der Waals surface area contributed by atoms with Gasteiger partial charge in [-0.05, 0) is 38.8 Å². The lowest BCUT2D eigenvalue weighted by atomic mass is 9.85. The van der Waals surface area contributed by atoms with Crippen LogP contribution in [0.15, 0.2) is 24.3 Å². The number of rotatable bonds is 6. The summed E-state index contributed by atoms with van der Waals surface area (Å²) < 4.78 is 4.71. The summed E-state index contributed by atoms with van der Waals surface area (Å²) in [5.74, 6) is -0.251. The number of hydrogen-bond donors (Lipinski definition) is 2. The monoisotopic (exact) mass is 279 g/mol. The van der Waals surface area contributed by atoms with Gasteiger partial charge in [-0.25, -0.2) is 0 Å². The molecule has 1 rings (SSSR count). The van der Waals surface area contributed by atoms with Crippen LogP contribution in [0, 0.1) is 0 Å². The predicted octanol–water partition coefficient (Wildman–Crippen LogP) is 2.04. The second-order valence-corrected chi connectivity index (χ2v) is 6.06. The molecule has 0 bridgehead atoms. The highest BCUT2D eigenvalue weighted by molar-refractivity contribution is 5.72. The quantitative estimate of drug-likeness (QED) is 0.782. The van der Waals surface area contributed by atoms with Crippen molar-refractivity contribution < 1.29 is 14.6 Å². The largest absolute Gasteiger partial charge is 0.469 e. The lowest BCUT2D eigenvalue weighted by molar-refractivity contribution is -0.139. The van der Waals surface area contributed by atoms with Gasteiger partial charge in [0, 0.05) is 12.1 Å². The normalized spacial score (nSPS) is 12.3. The standard InChI is InChI=1S/C16H25NO3/c1-15(2,16(3,4)19)17-11-13-9-7-6-8-12(13)10-14(18)20-5/h6-9,17,19H,10-11H2,1-5H3. The third-order valence-electron chi connectivity index (χ3n) is 3.93. The Kier molecular flexibility index (Phi) is 5.31. The van der Waals surface area contributed by atoms with Gasteiger partial charge in [0.2, 0.25) is 0 Å². The molecule has 0 unspecified atom stereocenters. The van der Waals surface area contributed by atoms with Crippen molar-refractivity contribution in [1.82, 2.24) is 5.32 Å². The van der Waals surface area contributed by atoms with E-state index in [1.54, 1.807) is 13.8 Å². The van der Waals surface area contributed by atoms with E-state index in [2.05, 4.69) is 5.32 Å². The molecule has 0 aromatic heterocycles. The van der Waals surface area contributed by atoms with E-state index in [0.29, 0.717) is 6.54 Å². The molecule has 20 heavy (non-hydrogen) atoms. The van der Waals surface area contributed by atoms with Gasteiger partial charge >= 0.3 is 5.97 Å². The lowest BCUT2D eigenvalue weighted by Gasteiger charge is -2.38. The molecule has 1 aromatic rings. The Bertz CT molecular complexity index is 461. The summed E-state index contributed by atoms with van der Waals surface area (Å²) in [7, 11) is 1.39. The minimum absolute atomic E-state index is 0.251. The van der Waals surface area contributed by atoms with Crippen LogP contribution in [-0.4, -0.2) is 29.3 Å². The van der Waals surface area contributed by atoms with E-state index in [1.165, 1.54) is 7.11 Å². The topological polar surface area (TPSA) is 58.6 Å². The van der Waals surface area contributed by atoms with Gasteiger partial charge in [0.1, 0.15) is 0 Å². The molecule has 0 aliphatic rings. The van der Waals surface area contributed by atoms with Crippen molar-refractivity contribution >= 4 is 5.97 Å². The Morgan fingerprint density at radius 1 is 1.20 bits per heavy atom. The minimum Gasteiger partial charge on any atom is -0.469 e. The Hall–Kier alpha value is -1.39. The van der Waals surface area contributed by atoms with Crippen molar-refractivity contribution in [3.63, 3.8) is 0 Å². The van der Waals surface area contributed by atoms with Crippen molar-refractivity contribution in [3.05, 3.63) is 35.4 Å². The fourth-order valence-corrected chi connectivity index (χ4v) is 1.66. The number of methoxy groups -OCH3 is 1. The van der Waals surface area contributed by atoms with Crippen molar-refractivity contribution in [2.45, 2.75) is 51.8 Å². The maximum atomic E-state index is 11.4. The van der Waals surface area contributed by atoms with Gasteiger partial charge in [-0.3, -0.25) is 4.79 Å². The zero-order chi connectivity index (χ0) is 15.4. The maximum absolute atomic E-state index is 11.4. The lowest BCUT2D eigenvalue weighted by Crippen LogP contribution is -2.55. The first-order valence-corrected chi connectivity index (χ1v) is 6.78. The van der Waals surface area contributed by atoms with Crippen LogP contribution < -0.4 is 5.32 Å². The van der Waals surface area contributed by atoms with Gasteiger partial charge in [-0.2, -0.15) is 0 Å². The Morgan fingerprint density at radius 2 is 1.75 bits per heavy atom. The van der Waals surface area contributed by atoms with Crippen LogP contribution in [0.4, 0.5) is 0 Å². The maximum Gasteiger partial charge on any atom is 0.309 e. The number of nitrogens with one attached hydrogen (secondary N) is 1. The van der Waals surface area contributed by atoms with Crippen LogP contribution in [0.3, 0.4) is 0 Å². The first kappa shape index (κ1) is 16.7. The smallest absolute Gasteiger partial charge is 0.309 e. The van der Waals surface area contributed by atoms with E-state index in [0.717, 1.165) is 11.1 Å². The highest BCUT2D eigenvalue weighted by atomic mass is 16.5. The summed E-state index contributed by atoms with van der Waals surface area (Å²) in [6, 6.07) is 7.74. The van der Waals surface area contributed by atoms with Crippen LogP contribution in [0.5, 0.6) is 0 Å². The molecule has 4 heteroatoms. The van der Waals surface area contributed by atoms with Crippen LogP contribution in [0.1, 0.15) is 38.8 Å². The van der Waals surface area contributed by atoms with Crippen molar-refractivity contribution in [1.29, 1.82) is 0 Å². The molecule has 0 aliphatic carbocycles. The average Bonchev–Trinajstić information content (AvgIpc) is 2.36. The van der Waals surface area contributed by atoms with Gasteiger partial charge in [0.15, 0.2) is 0 Å². The molecule has 2 N–H and O–H groups in total. The number of benzene rings is 1. The van der Waals surface area contributed by atoms with E-state index in [1.807, 2.05) is 38.1 Å². The SMILES string of the molecule is COC(=O)Cc1ccccc1CNC(C)(C)C(C)(C)O. The molecule has 0 saturated carbocycles. The first-order chi connectivity index (χ1) is 9.17. The predicted molar refractivity (Wildman–Crippen MR) is 79.4 cm³/mol. The Morgan fingerprint density at radius 3 is 2.25 bits per heavy atom. The van der Waals surface area contributed by atoms with Crippen LogP contribution in [0.25, 0.3) is 0 Å². The molecule has 1 aromatic carbocycles. The second kappa shape index (κ2) is 6.37. The molecule has 0 saturated heterocycles. The summed E-state index contributed by atoms with van der Waals surface area (Å²) in [4.78, 5) is 11.4. The van der Waals surface area contributed by atoms with Gasteiger partial charge in [0.05, 0.1) is 19.1 Å². The molecule has 0 fully saturated rings. The summed E-state index contributed by atoms with van der Waals surface area (Å²) in [6.45, 7) is 8.05. The second-order valence-electron chi connectivity index (χ2n) is 6.06. The van der Waals surface area contributed by atoms with Crippen molar-refractivity contribution in [3.8, 4) is 0 Å². The van der Waals surface area contributed by atoms with E-state index >= 15 is 0 Å². The Balaban J connectivity index is 2.81. The highest BCUT2D eigenvalue weighted by Gasteiger charge is 2.34. The molecule has 0 radical (unpaired) electrons. The molecular weight excluding hydrogens is 254 g/mol. The molecule has 0 spiro atoms. The number of hydrogen-bond acceptors (Lipinski definition) is 4. The summed E-state index contributed by atoms with van der Waals surface area (Å²) in [6.07, 6.45) is 0.261. The number of carbonyl (C=O) groups excluding carboxylic acids is 1. The molecule has 112 valence electrons. The van der Waals surface area contributed by atoms with Crippen molar-refractivity contribution in [2.75, 3.05) is 7.11 Å². The molecular formula is C16H25NO3. The van der Waals surface area contributed by atoms with Crippen molar-refractivity contribution in [2.24, 2.45) is 0 Å². The average molecular weight is 279 g/mol. The molecule has 0 atom stereocenters. The molecule has 0 aliphatic heterocycles. The number of esters is 1. The highest BCUT2D eigenvalue weighted by Crippen LogP contribution is 2.21. The van der Waals surface area contributed by atoms with E-state index < -0.39 is 11.1 Å². The zero-order valence-corrected chi connectivity index (χ0v) is 13.0. The number of carbonyl (C=O) groups is 1. The van der Waals surface area contributed by atoms with Gasteiger partial charge in [0.25, 0.3) is 0 Å². The molecule has 4 nitrogen and oxygen atoms in total. The van der Waals surface area contributed by atoms with Gasteiger partial charge in [-0.1, -0.05) is 24.3 Å². The van der Waals surface area contributed by atoms with Crippen LogP contribution >= 0.6 is 0 Å². The van der Waals surface area contributed by atoms with E-state index in [9.17, 15) is 9.90 Å². The fourth-order valence-electron chi connectivity index (χ4n) is 1.66. The molecule has 0 heterocycles.